The molecule has 1 saturated heterocycles. The van der Waals surface area contributed by atoms with E-state index in [0.29, 0.717) is 40.7 Å². The smallest absolute Gasteiger partial charge is 0.254 e. The number of halogens is 1. The van der Waals surface area contributed by atoms with Crippen molar-refractivity contribution in [2.75, 3.05) is 26.1 Å². The molecule has 1 N–H and O–H groups in total. The lowest BCUT2D eigenvalue weighted by Gasteiger charge is -2.24. The van der Waals surface area contributed by atoms with Crippen molar-refractivity contribution in [2.24, 2.45) is 0 Å². The molecule has 1 atom stereocenters. The van der Waals surface area contributed by atoms with Crippen molar-refractivity contribution >= 4 is 29.1 Å². The Morgan fingerprint density at radius 2 is 1.70 bits per heavy atom. The van der Waals surface area contributed by atoms with Crippen molar-refractivity contribution in [3.8, 4) is 11.5 Å². The first-order valence-corrected chi connectivity index (χ1v) is 9.00. The highest BCUT2D eigenvalue weighted by atomic mass is 35.5. The summed E-state index contributed by atoms with van der Waals surface area (Å²) in [5.41, 5.74) is 1.07. The maximum atomic E-state index is 13.0. The normalized spacial score (nSPS) is 16.1. The number of hydrogen-bond donors (Lipinski definition) is 1. The molecule has 3 rings (SSSR count). The van der Waals surface area contributed by atoms with E-state index in [1.807, 2.05) is 0 Å². The van der Waals surface area contributed by atoms with Crippen LogP contribution in [0.5, 0.6) is 11.5 Å². The fourth-order valence-corrected chi connectivity index (χ4v) is 3.26. The van der Waals surface area contributed by atoms with Crippen LogP contribution in [-0.4, -0.2) is 43.5 Å². The first-order chi connectivity index (χ1) is 13.0. The summed E-state index contributed by atoms with van der Waals surface area (Å²) in [5, 5.41) is 3.45. The maximum Gasteiger partial charge on any atom is 0.254 e. The number of rotatable bonds is 5. The van der Waals surface area contributed by atoms with Crippen LogP contribution in [0.4, 0.5) is 5.69 Å². The number of carbonyl (C=O) groups is 2. The highest BCUT2D eigenvalue weighted by Gasteiger charge is 2.34. The first-order valence-electron chi connectivity index (χ1n) is 8.62. The lowest BCUT2D eigenvalue weighted by atomic mass is 10.1. The van der Waals surface area contributed by atoms with Crippen molar-refractivity contribution in [1.29, 1.82) is 0 Å². The molecule has 27 heavy (non-hydrogen) atoms. The maximum absolute atomic E-state index is 13.0. The number of ether oxygens (including phenoxy) is 2. The lowest BCUT2D eigenvalue weighted by Crippen LogP contribution is -2.43. The Morgan fingerprint density at radius 3 is 2.30 bits per heavy atom. The summed E-state index contributed by atoms with van der Waals surface area (Å²) < 4.78 is 10.5. The number of methoxy groups -OCH3 is 2. The van der Waals surface area contributed by atoms with Gasteiger partial charge >= 0.3 is 0 Å². The summed E-state index contributed by atoms with van der Waals surface area (Å²) in [7, 11) is 3.06. The quantitative estimate of drug-likeness (QED) is 0.849. The topological polar surface area (TPSA) is 67.9 Å². The highest BCUT2D eigenvalue weighted by molar-refractivity contribution is 6.30. The largest absolute Gasteiger partial charge is 0.497 e. The Kier molecular flexibility index (Phi) is 5.86. The Bertz CT molecular complexity index is 816. The molecule has 0 spiro atoms. The second kappa shape index (κ2) is 8.31. The summed E-state index contributed by atoms with van der Waals surface area (Å²) in [6, 6.07) is 11.3. The van der Waals surface area contributed by atoms with Gasteiger partial charge in [-0.1, -0.05) is 11.6 Å². The van der Waals surface area contributed by atoms with Crippen molar-refractivity contribution in [2.45, 2.75) is 18.9 Å². The molecule has 2 aromatic carbocycles. The fraction of sp³-hybridized carbons (Fsp3) is 0.300. The van der Waals surface area contributed by atoms with E-state index in [4.69, 9.17) is 21.1 Å². The molecule has 1 fully saturated rings. The van der Waals surface area contributed by atoms with Crippen molar-refractivity contribution in [3.63, 3.8) is 0 Å². The van der Waals surface area contributed by atoms with Gasteiger partial charge in [0, 0.05) is 28.9 Å². The summed E-state index contributed by atoms with van der Waals surface area (Å²) in [4.78, 5) is 27.3. The van der Waals surface area contributed by atoms with Crippen LogP contribution in [-0.2, 0) is 4.79 Å². The van der Waals surface area contributed by atoms with E-state index in [-0.39, 0.29) is 11.8 Å². The molecule has 0 radical (unpaired) electrons. The van der Waals surface area contributed by atoms with Gasteiger partial charge in [-0.05, 0) is 49.2 Å². The summed E-state index contributed by atoms with van der Waals surface area (Å²) >= 11 is 5.87. The van der Waals surface area contributed by atoms with Gasteiger partial charge in [-0.25, -0.2) is 0 Å². The summed E-state index contributed by atoms with van der Waals surface area (Å²) in [6.07, 6.45) is 1.39. The van der Waals surface area contributed by atoms with Crippen molar-refractivity contribution < 1.29 is 19.1 Å². The minimum Gasteiger partial charge on any atom is -0.497 e. The molecule has 0 aromatic heterocycles. The van der Waals surface area contributed by atoms with Gasteiger partial charge in [-0.3, -0.25) is 9.59 Å². The molecule has 7 heteroatoms. The molecule has 2 amide bonds. The Hall–Kier alpha value is -2.73. The predicted molar refractivity (Wildman–Crippen MR) is 104 cm³/mol. The van der Waals surface area contributed by atoms with Gasteiger partial charge < -0.3 is 19.7 Å². The standard InChI is InChI=1S/C20H21ClN2O4/c1-26-16-10-13(11-17(12-16)27-2)20(25)23-9-3-4-18(23)19(24)22-15-7-5-14(21)6-8-15/h5-8,10-12,18H,3-4,9H2,1-2H3,(H,22,24)/t18-/m0/s1. The summed E-state index contributed by atoms with van der Waals surface area (Å²) in [6.45, 7) is 0.525. The minimum atomic E-state index is -0.523. The SMILES string of the molecule is COc1cc(OC)cc(C(=O)N2CCC[C@H]2C(=O)Nc2ccc(Cl)cc2)c1. The van der Waals surface area contributed by atoms with Gasteiger partial charge in [0.15, 0.2) is 0 Å². The number of nitrogens with one attached hydrogen (secondary N) is 1. The number of benzene rings is 2. The molecule has 1 aliphatic heterocycles. The van der Waals surface area contributed by atoms with Crippen LogP contribution in [0.2, 0.25) is 5.02 Å². The van der Waals surface area contributed by atoms with Gasteiger partial charge in [-0.2, -0.15) is 0 Å². The van der Waals surface area contributed by atoms with E-state index < -0.39 is 6.04 Å². The molecule has 2 aromatic rings. The third kappa shape index (κ3) is 4.34. The molecule has 0 saturated carbocycles. The molecule has 0 unspecified atom stereocenters. The third-order valence-electron chi connectivity index (χ3n) is 4.53. The summed E-state index contributed by atoms with van der Waals surface area (Å²) in [5.74, 6) is 0.622. The van der Waals surface area contributed by atoms with Crippen LogP contribution in [0, 0.1) is 0 Å². The Labute approximate surface area is 163 Å². The van der Waals surface area contributed by atoms with Crippen LogP contribution in [0.3, 0.4) is 0 Å². The van der Waals surface area contributed by atoms with Crippen LogP contribution in [0.15, 0.2) is 42.5 Å². The van der Waals surface area contributed by atoms with Crippen LogP contribution >= 0.6 is 11.6 Å². The average molecular weight is 389 g/mol. The molecular formula is C20H21ClN2O4. The lowest BCUT2D eigenvalue weighted by molar-refractivity contribution is -0.119. The molecule has 142 valence electrons. The number of carbonyl (C=O) groups excluding carboxylic acids is 2. The number of amides is 2. The van der Waals surface area contributed by atoms with E-state index >= 15 is 0 Å². The molecule has 6 nitrogen and oxygen atoms in total. The number of anilines is 1. The van der Waals surface area contributed by atoms with E-state index in [2.05, 4.69) is 5.32 Å². The molecule has 1 aliphatic rings. The van der Waals surface area contributed by atoms with E-state index in [1.54, 1.807) is 47.4 Å². The molecule has 0 bridgehead atoms. The fourth-order valence-electron chi connectivity index (χ4n) is 3.14. The first kappa shape index (κ1) is 19.0. The molecule has 0 aliphatic carbocycles. The van der Waals surface area contributed by atoms with E-state index in [1.165, 1.54) is 14.2 Å². The monoisotopic (exact) mass is 388 g/mol. The second-order valence-corrected chi connectivity index (χ2v) is 6.69. The van der Waals surface area contributed by atoms with Crippen LogP contribution < -0.4 is 14.8 Å². The number of hydrogen-bond acceptors (Lipinski definition) is 4. The highest BCUT2D eigenvalue weighted by Crippen LogP contribution is 2.27. The molecular weight excluding hydrogens is 368 g/mol. The number of nitrogens with zero attached hydrogens (tertiary/aromatic N) is 1. The van der Waals surface area contributed by atoms with Gasteiger partial charge in [0.25, 0.3) is 5.91 Å². The Balaban J connectivity index is 1.78. The van der Waals surface area contributed by atoms with Crippen LogP contribution in [0.25, 0.3) is 0 Å². The third-order valence-corrected chi connectivity index (χ3v) is 4.78. The molecule has 1 heterocycles. The zero-order valence-electron chi connectivity index (χ0n) is 15.2. The van der Waals surface area contributed by atoms with Gasteiger partial charge in [0.05, 0.1) is 14.2 Å². The van der Waals surface area contributed by atoms with Crippen molar-refractivity contribution in [1.82, 2.24) is 4.90 Å². The van der Waals surface area contributed by atoms with E-state index in [0.717, 1.165) is 6.42 Å². The predicted octanol–water partition coefficient (Wildman–Crippen LogP) is 3.60. The Morgan fingerprint density at radius 1 is 1.07 bits per heavy atom. The second-order valence-electron chi connectivity index (χ2n) is 6.25. The number of likely N-dealkylation sites (tertiary alicyclic amines) is 1. The zero-order valence-corrected chi connectivity index (χ0v) is 16.0. The van der Waals surface area contributed by atoms with Crippen molar-refractivity contribution in [3.05, 3.63) is 53.1 Å². The van der Waals surface area contributed by atoms with Gasteiger partial charge in [-0.15, -0.1) is 0 Å². The van der Waals surface area contributed by atoms with Crippen LogP contribution in [0.1, 0.15) is 23.2 Å². The van der Waals surface area contributed by atoms with E-state index in [9.17, 15) is 9.59 Å². The zero-order chi connectivity index (χ0) is 19.4. The van der Waals surface area contributed by atoms with Gasteiger partial charge in [0.2, 0.25) is 5.91 Å². The van der Waals surface area contributed by atoms with Gasteiger partial charge in [0.1, 0.15) is 17.5 Å². The average Bonchev–Trinajstić information content (AvgIpc) is 3.18. The minimum absolute atomic E-state index is 0.210.